The van der Waals surface area contributed by atoms with Crippen LogP contribution in [0.4, 0.5) is 4.79 Å². The molecule has 11 nitrogen and oxygen atoms in total. The number of methoxy groups -OCH3 is 2. The zero-order valence-electron chi connectivity index (χ0n) is 37.2. The second-order valence-corrected chi connectivity index (χ2v) is 17.6. The van der Waals surface area contributed by atoms with E-state index in [1.54, 1.807) is 26.2 Å². The minimum Gasteiger partial charge on any atom is -0.497 e. The van der Waals surface area contributed by atoms with E-state index in [1.807, 2.05) is 42.5 Å². The van der Waals surface area contributed by atoms with Crippen LogP contribution >= 0.6 is 8.53 Å². The van der Waals surface area contributed by atoms with Crippen molar-refractivity contribution in [1.82, 2.24) is 9.57 Å². The van der Waals surface area contributed by atoms with Crippen LogP contribution in [0, 0.1) is 35.0 Å². The maximum atomic E-state index is 12.9. The molecule has 3 aromatic carbocycles. The summed E-state index contributed by atoms with van der Waals surface area (Å²) in [6.45, 7) is 10.6. The maximum Gasteiger partial charge on any atom is 0.409 e. The van der Waals surface area contributed by atoms with Crippen LogP contribution < -0.4 is 9.47 Å². The SMILES string of the molecule is COc1ccc(C(OCCC(CCOCCCN(C)C(=O)OC2C3CCC#CCCC32)OP(OCCC#N)N(C(C)C)C(C)C)(c2ccccc2)c2ccc(OC)cc2)cc1. The Labute approximate surface area is 365 Å². The van der Waals surface area contributed by atoms with E-state index in [-0.39, 0.29) is 43.4 Å². The molecule has 12 heteroatoms. The van der Waals surface area contributed by atoms with Crippen molar-refractivity contribution in [3.8, 4) is 29.4 Å². The Kier molecular flexibility index (Phi) is 19.2. The Hall–Kier alpha value is -4.19. The fraction of sp³-hybridized carbons (Fsp3) is 0.551. The molecule has 5 rings (SSSR count). The molecule has 0 heterocycles. The average molecular weight is 856 g/mol. The van der Waals surface area contributed by atoms with E-state index in [2.05, 4.69) is 86.7 Å². The van der Waals surface area contributed by atoms with Crippen molar-refractivity contribution in [3.05, 3.63) is 95.6 Å². The van der Waals surface area contributed by atoms with E-state index in [0.29, 0.717) is 57.5 Å². The number of nitriles is 1. The van der Waals surface area contributed by atoms with Gasteiger partial charge in [0.15, 0.2) is 0 Å². The number of amides is 1. The topological polar surface area (TPSA) is 112 Å². The first kappa shape index (κ1) is 47.9. The van der Waals surface area contributed by atoms with Crippen molar-refractivity contribution in [2.75, 3.05) is 54.2 Å². The Morgan fingerprint density at radius 3 is 1.90 bits per heavy atom. The summed E-state index contributed by atoms with van der Waals surface area (Å²) in [5.74, 6) is 8.82. The predicted molar refractivity (Wildman–Crippen MR) is 239 cm³/mol. The summed E-state index contributed by atoms with van der Waals surface area (Å²) in [7, 11) is 3.59. The molecule has 61 heavy (non-hydrogen) atoms. The van der Waals surface area contributed by atoms with Gasteiger partial charge in [0.25, 0.3) is 8.53 Å². The highest BCUT2D eigenvalue weighted by Gasteiger charge is 2.52. The van der Waals surface area contributed by atoms with Gasteiger partial charge in [-0.2, -0.15) is 5.26 Å². The first-order chi connectivity index (χ1) is 29.6. The maximum absolute atomic E-state index is 12.9. The fourth-order valence-corrected chi connectivity index (χ4v) is 9.87. The quantitative estimate of drug-likeness (QED) is 0.0353. The first-order valence-electron chi connectivity index (χ1n) is 21.8. The molecule has 0 N–H and O–H groups in total. The van der Waals surface area contributed by atoms with Crippen LogP contribution in [0.15, 0.2) is 78.9 Å². The molecule has 0 saturated heterocycles. The van der Waals surface area contributed by atoms with Crippen LogP contribution in [-0.2, 0) is 28.9 Å². The molecule has 3 aromatic rings. The third-order valence-electron chi connectivity index (χ3n) is 11.3. The van der Waals surface area contributed by atoms with Gasteiger partial charge < -0.3 is 37.6 Å². The van der Waals surface area contributed by atoms with Gasteiger partial charge in [-0.3, -0.25) is 0 Å². The van der Waals surface area contributed by atoms with Gasteiger partial charge in [0.05, 0.1) is 46.0 Å². The second kappa shape index (κ2) is 24.4. The molecule has 2 aliphatic carbocycles. The number of benzene rings is 3. The number of fused-ring (bicyclic) bond motifs is 1. The van der Waals surface area contributed by atoms with Gasteiger partial charge in [0.2, 0.25) is 0 Å². The Balaban J connectivity index is 1.29. The lowest BCUT2D eigenvalue weighted by molar-refractivity contribution is -0.00915. The third kappa shape index (κ3) is 13.4. The van der Waals surface area contributed by atoms with Crippen LogP contribution in [0.1, 0.15) is 95.8 Å². The molecule has 1 saturated carbocycles. The Bertz CT molecular complexity index is 1790. The number of nitrogens with zero attached hydrogens (tertiary/aromatic N) is 3. The van der Waals surface area contributed by atoms with Gasteiger partial charge in [-0.1, -0.05) is 54.6 Å². The number of ether oxygens (including phenoxy) is 5. The number of carbonyl (C=O) groups is 1. The van der Waals surface area contributed by atoms with Crippen LogP contribution in [0.25, 0.3) is 0 Å². The number of carbonyl (C=O) groups excluding carboxylic acids is 1. The lowest BCUT2D eigenvalue weighted by Crippen LogP contribution is -2.36. The van der Waals surface area contributed by atoms with Gasteiger partial charge in [-0.25, -0.2) is 9.46 Å². The molecule has 4 atom stereocenters. The summed E-state index contributed by atoms with van der Waals surface area (Å²) in [6, 6.07) is 28.8. The average Bonchev–Trinajstić information content (AvgIpc) is 3.90. The lowest BCUT2D eigenvalue weighted by atomic mass is 9.80. The first-order valence-corrected chi connectivity index (χ1v) is 22.9. The van der Waals surface area contributed by atoms with E-state index in [9.17, 15) is 10.1 Å². The van der Waals surface area contributed by atoms with Crippen molar-refractivity contribution < 1.29 is 37.5 Å². The third-order valence-corrected chi connectivity index (χ3v) is 13.5. The minimum absolute atomic E-state index is 0.00996. The zero-order valence-corrected chi connectivity index (χ0v) is 38.1. The highest BCUT2D eigenvalue weighted by molar-refractivity contribution is 7.44. The van der Waals surface area contributed by atoms with E-state index in [0.717, 1.165) is 53.9 Å². The Morgan fingerprint density at radius 1 is 0.803 bits per heavy atom. The van der Waals surface area contributed by atoms with Gasteiger partial charge in [-0.05, 0) is 101 Å². The lowest BCUT2D eigenvalue weighted by Gasteiger charge is -2.38. The largest absolute Gasteiger partial charge is 0.497 e. The van der Waals surface area contributed by atoms with Crippen LogP contribution in [-0.4, -0.2) is 94.2 Å². The summed E-state index contributed by atoms with van der Waals surface area (Å²) in [4.78, 5) is 14.6. The van der Waals surface area contributed by atoms with Gasteiger partial charge in [0.1, 0.15) is 23.2 Å². The van der Waals surface area contributed by atoms with E-state index >= 15 is 0 Å². The molecule has 1 amide bonds. The van der Waals surface area contributed by atoms with Gasteiger partial charge in [0, 0.05) is 63.6 Å². The fourth-order valence-electron chi connectivity index (χ4n) is 8.10. The van der Waals surface area contributed by atoms with Crippen molar-refractivity contribution in [2.45, 2.75) is 109 Å². The van der Waals surface area contributed by atoms with Crippen molar-refractivity contribution >= 4 is 14.6 Å². The molecule has 330 valence electrons. The monoisotopic (exact) mass is 855 g/mol. The molecule has 4 unspecified atom stereocenters. The standard InChI is InChI=1S/C49H66N3O8P/c1-37(2)52(38(3)4)61(58-34-15-31-50)60-44(29-35-56-33-16-32-51(5)48(53)59-47-45-19-13-8-9-14-20-46(45)47)30-36-57-49(39-17-11-10-12-18-39,40-21-25-42(54-6)26-22-40)41-23-27-43(55-7)28-24-41/h10-12,17-18,21-28,37-38,44-47H,13-16,19-20,29-30,32-36H2,1-7H3. The summed E-state index contributed by atoms with van der Waals surface area (Å²) in [6.07, 6.45) is 5.28. The summed E-state index contributed by atoms with van der Waals surface area (Å²) >= 11 is 0. The smallest absolute Gasteiger partial charge is 0.409 e. The number of hydrogen-bond donors (Lipinski definition) is 0. The zero-order chi connectivity index (χ0) is 43.6. The molecule has 2 aliphatic rings. The molecular formula is C49H66N3O8P. The van der Waals surface area contributed by atoms with E-state index < -0.39 is 14.1 Å². The summed E-state index contributed by atoms with van der Waals surface area (Å²) < 4.78 is 45.9. The Morgan fingerprint density at radius 2 is 1.36 bits per heavy atom. The number of hydrogen-bond acceptors (Lipinski definition) is 10. The molecular weight excluding hydrogens is 790 g/mol. The summed E-state index contributed by atoms with van der Waals surface area (Å²) in [5, 5.41) is 9.35. The molecule has 0 aromatic heterocycles. The van der Waals surface area contributed by atoms with Gasteiger partial charge in [-0.15, -0.1) is 11.8 Å². The molecule has 0 aliphatic heterocycles. The molecule has 0 radical (unpaired) electrons. The van der Waals surface area contributed by atoms with Crippen molar-refractivity contribution in [3.63, 3.8) is 0 Å². The van der Waals surface area contributed by atoms with Gasteiger partial charge >= 0.3 is 6.09 Å². The van der Waals surface area contributed by atoms with Crippen molar-refractivity contribution in [2.24, 2.45) is 11.8 Å². The van der Waals surface area contributed by atoms with E-state index in [1.165, 1.54) is 0 Å². The van der Waals surface area contributed by atoms with E-state index in [4.69, 9.17) is 32.7 Å². The minimum atomic E-state index is -1.52. The van der Waals surface area contributed by atoms with Crippen LogP contribution in [0.3, 0.4) is 0 Å². The van der Waals surface area contributed by atoms with Crippen molar-refractivity contribution in [1.29, 1.82) is 5.26 Å². The molecule has 0 spiro atoms. The molecule has 1 fully saturated rings. The predicted octanol–water partition coefficient (Wildman–Crippen LogP) is 10.1. The molecule has 0 bridgehead atoms. The second-order valence-electron chi connectivity index (χ2n) is 16.2. The number of rotatable bonds is 25. The summed E-state index contributed by atoms with van der Waals surface area (Å²) in [5.41, 5.74) is 1.89. The van der Waals surface area contributed by atoms with Crippen LogP contribution in [0.5, 0.6) is 11.5 Å². The van der Waals surface area contributed by atoms with Crippen LogP contribution in [0.2, 0.25) is 0 Å². The highest BCUT2D eigenvalue weighted by Crippen LogP contribution is 2.50. The normalized spacial score (nSPS) is 18.2. The highest BCUT2D eigenvalue weighted by atomic mass is 31.2.